The third-order valence-corrected chi connectivity index (χ3v) is 4.57. The maximum atomic E-state index is 11.2. The van der Waals surface area contributed by atoms with Crippen LogP contribution >= 0.6 is 15.9 Å². The molecule has 0 amide bonds. The van der Waals surface area contributed by atoms with E-state index in [4.69, 9.17) is 0 Å². The van der Waals surface area contributed by atoms with Crippen molar-refractivity contribution < 1.29 is 9.90 Å². The number of aromatic carboxylic acids is 1. The summed E-state index contributed by atoms with van der Waals surface area (Å²) in [7, 11) is 0. The van der Waals surface area contributed by atoms with Gasteiger partial charge in [-0.3, -0.25) is 0 Å². The lowest BCUT2D eigenvalue weighted by atomic mass is 10.0. The smallest absolute Gasteiger partial charge is 0.336 e. The maximum absolute atomic E-state index is 11.2. The number of carboxylic acid groups (broad SMARTS) is 1. The Morgan fingerprint density at radius 2 is 2.14 bits per heavy atom. The number of benzene rings is 2. The van der Waals surface area contributed by atoms with Gasteiger partial charge in [0.15, 0.2) is 0 Å². The lowest BCUT2D eigenvalue weighted by Gasteiger charge is -2.18. The SMILES string of the molecule is Cc1c(NC2CCc3cc(Br)ccc32)cccc1C(=O)O. The lowest BCUT2D eigenvalue weighted by Crippen LogP contribution is -2.10. The lowest BCUT2D eigenvalue weighted by molar-refractivity contribution is 0.0696. The first-order valence-electron chi connectivity index (χ1n) is 6.94. The van der Waals surface area contributed by atoms with Crippen molar-refractivity contribution >= 4 is 27.6 Å². The molecular weight excluding hydrogens is 330 g/mol. The molecule has 2 aromatic rings. The molecule has 0 aliphatic heterocycles. The average molecular weight is 346 g/mol. The molecule has 0 spiro atoms. The van der Waals surface area contributed by atoms with E-state index in [2.05, 4.69) is 39.4 Å². The van der Waals surface area contributed by atoms with Crippen LogP contribution in [0.3, 0.4) is 0 Å². The van der Waals surface area contributed by atoms with E-state index in [0.29, 0.717) is 5.56 Å². The van der Waals surface area contributed by atoms with Crippen molar-refractivity contribution in [3.05, 3.63) is 63.1 Å². The van der Waals surface area contributed by atoms with E-state index in [1.807, 2.05) is 13.0 Å². The monoisotopic (exact) mass is 345 g/mol. The highest BCUT2D eigenvalue weighted by molar-refractivity contribution is 9.10. The Hall–Kier alpha value is -1.81. The van der Waals surface area contributed by atoms with Crippen LogP contribution in [0.4, 0.5) is 5.69 Å². The Morgan fingerprint density at radius 1 is 1.33 bits per heavy atom. The molecule has 0 heterocycles. The van der Waals surface area contributed by atoms with Gasteiger partial charge in [-0.25, -0.2) is 4.79 Å². The van der Waals surface area contributed by atoms with Gasteiger partial charge in [0.25, 0.3) is 0 Å². The fourth-order valence-electron chi connectivity index (χ4n) is 2.95. The van der Waals surface area contributed by atoms with Gasteiger partial charge in [-0.05, 0) is 60.7 Å². The summed E-state index contributed by atoms with van der Waals surface area (Å²) in [5.74, 6) is -0.882. The molecule has 0 radical (unpaired) electrons. The number of carboxylic acids is 1. The predicted molar refractivity (Wildman–Crippen MR) is 87.0 cm³/mol. The van der Waals surface area contributed by atoms with Crippen LogP contribution in [-0.2, 0) is 6.42 Å². The van der Waals surface area contributed by atoms with E-state index in [-0.39, 0.29) is 6.04 Å². The van der Waals surface area contributed by atoms with Crippen LogP contribution in [0.25, 0.3) is 0 Å². The molecule has 1 aliphatic rings. The molecule has 0 saturated carbocycles. The standard InChI is InChI=1S/C17H16BrNO2/c1-10-13(17(20)21)3-2-4-15(10)19-16-8-5-11-9-12(18)6-7-14(11)16/h2-4,6-7,9,16,19H,5,8H2,1H3,(H,20,21). The zero-order chi connectivity index (χ0) is 15.0. The van der Waals surface area contributed by atoms with Gasteiger partial charge in [-0.1, -0.05) is 28.1 Å². The van der Waals surface area contributed by atoms with Crippen molar-refractivity contribution in [3.8, 4) is 0 Å². The summed E-state index contributed by atoms with van der Waals surface area (Å²) < 4.78 is 1.10. The molecule has 21 heavy (non-hydrogen) atoms. The summed E-state index contributed by atoms with van der Waals surface area (Å²) >= 11 is 3.50. The molecule has 3 nitrogen and oxygen atoms in total. The van der Waals surface area contributed by atoms with Crippen LogP contribution in [0.2, 0.25) is 0 Å². The van der Waals surface area contributed by atoms with Gasteiger partial charge >= 0.3 is 5.97 Å². The van der Waals surface area contributed by atoms with E-state index < -0.39 is 5.97 Å². The van der Waals surface area contributed by atoms with Crippen molar-refractivity contribution in [2.24, 2.45) is 0 Å². The second kappa shape index (κ2) is 5.53. The molecule has 1 atom stereocenters. The predicted octanol–water partition coefficient (Wildman–Crippen LogP) is 4.56. The van der Waals surface area contributed by atoms with Gasteiger partial charge < -0.3 is 10.4 Å². The van der Waals surface area contributed by atoms with Crippen molar-refractivity contribution in [2.75, 3.05) is 5.32 Å². The van der Waals surface area contributed by atoms with E-state index >= 15 is 0 Å². The number of aryl methyl sites for hydroxylation is 1. The molecule has 0 fully saturated rings. The van der Waals surface area contributed by atoms with E-state index in [1.165, 1.54) is 11.1 Å². The van der Waals surface area contributed by atoms with Crippen molar-refractivity contribution in [2.45, 2.75) is 25.8 Å². The van der Waals surface area contributed by atoms with Crippen LogP contribution < -0.4 is 5.32 Å². The number of rotatable bonds is 3. The second-order valence-electron chi connectivity index (χ2n) is 5.36. The van der Waals surface area contributed by atoms with Crippen molar-refractivity contribution in [3.63, 3.8) is 0 Å². The molecule has 2 N–H and O–H groups in total. The van der Waals surface area contributed by atoms with E-state index in [9.17, 15) is 9.90 Å². The minimum Gasteiger partial charge on any atom is -0.478 e. The fourth-order valence-corrected chi connectivity index (χ4v) is 3.36. The first-order valence-corrected chi connectivity index (χ1v) is 7.73. The Labute approximate surface area is 132 Å². The van der Waals surface area contributed by atoms with Gasteiger partial charge in [-0.2, -0.15) is 0 Å². The molecule has 3 rings (SSSR count). The number of hydrogen-bond donors (Lipinski definition) is 2. The highest BCUT2D eigenvalue weighted by Gasteiger charge is 2.23. The first-order chi connectivity index (χ1) is 10.1. The highest BCUT2D eigenvalue weighted by Crippen LogP contribution is 2.36. The third kappa shape index (κ3) is 2.68. The summed E-state index contributed by atoms with van der Waals surface area (Å²) in [6.45, 7) is 1.85. The molecular formula is C17H16BrNO2. The number of fused-ring (bicyclic) bond motifs is 1. The number of nitrogens with one attached hydrogen (secondary N) is 1. The Balaban J connectivity index is 1.90. The summed E-state index contributed by atoms with van der Waals surface area (Å²) in [4.78, 5) is 11.2. The zero-order valence-corrected chi connectivity index (χ0v) is 13.3. The summed E-state index contributed by atoms with van der Waals surface area (Å²) in [5.41, 5.74) is 4.70. The van der Waals surface area contributed by atoms with E-state index in [1.54, 1.807) is 12.1 Å². The van der Waals surface area contributed by atoms with Gasteiger partial charge in [0, 0.05) is 10.2 Å². The maximum Gasteiger partial charge on any atom is 0.336 e. The minimum absolute atomic E-state index is 0.246. The normalized spacial score (nSPS) is 16.6. The number of carbonyl (C=O) groups is 1. The van der Waals surface area contributed by atoms with Crippen LogP contribution in [0.1, 0.15) is 39.5 Å². The highest BCUT2D eigenvalue weighted by atomic mass is 79.9. The summed E-state index contributed by atoms with van der Waals surface area (Å²) in [6, 6.07) is 12.0. The Kier molecular flexibility index (Phi) is 3.72. The average Bonchev–Trinajstić information content (AvgIpc) is 2.83. The molecule has 2 aromatic carbocycles. The zero-order valence-electron chi connectivity index (χ0n) is 11.7. The summed E-state index contributed by atoms with van der Waals surface area (Å²) in [5, 5.41) is 12.7. The van der Waals surface area contributed by atoms with Crippen LogP contribution in [0, 0.1) is 6.92 Å². The molecule has 1 unspecified atom stereocenters. The van der Waals surface area contributed by atoms with E-state index in [0.717, 1.165) is 28.6 Å². The third-order valence-electron chi connectivity index (χ3n) is 4.08. The van der Waals surface area contributed by atoms with Crippen LogP contribution in [-0.4, -0.2) is 11.1 Å². The molecule has 108 valence electrons. The molecule has 0 saturated heterocycles. The van der Waals surface area contributed by atoms with Crippen LogP contribution in [0.15, 0.2) is 40.9 Å². The summed E-state index contributed by atoms with van der Waals surface area (Å²) in [6.07, 6.45) is 2.08. The van der Waals surface area contributed by atoms with Crippen molar-refractivity contribution in [1.29, 1.82) is 0 Å². The second-order valence-corrected chi connectivity index (χ2v) is 6.28. The Morgan fingerprint density at radius 3 is 2.90 bits per heavy atom. The number of anilines is 1. The number of halogens is 1. The molecule has 0 bridgehead atoms. The molecule has 1 aliphatic carbocycles. The molecule has 4 heteroatoms. The first kappa shape index (κ1) is 14.1. The van der Waals surface area contributed by atoms with Crippen molar-refractivity contribution in [1.82, 2.24) is 0 Å². The van der Waals surface area contributed by atoms with Gasteiger partial charge in [0.2, 0.25) is 0 Å². The molecule has 0 aromatic heterocycles. The quantitative estimate of drug-likeness (QED) is 0.857. The largest absolute Gasteiger partial charge is 0.478 e. The van der Waals surface area contributed by atoms with Gasteiger partial charge in [0.1, 0.15) is 0 Å². The minimum atomic E-state index is -0.882. The topological polar surface area (TPSA) is 49.3 Å². The Bertz CT molecular complexity index is 712. The van der Waals surface area contributed by atoms with Crippen LogP contribution in [0.5, 0.6) is 0 Å². The number of hydrogen-bond acceptors (Lipinski definition) is 2. The van der Waals surface area contributed by atoms with Gasteiger partial charge in [0.05, 0.1) is 11.6 Å². The fraction of sp³-hybridized carbons (Fsp3) is 0.235. The van der Waals surface area contributed by atoms with Gasteiger partial charge in [-0.15, -0.1) is 0 Å².